The Morgan fingerprint density at radius 3 is 3.29 bits per heavy atom. The van der Waals surface area contributed by atoms with Gasteiger partial charge in [0.2, 0.25) is 5.89 Å². The fourth-order valence-electron chi connectivity index (χ4n) is 2.49. The molecule has 0 aliphatic carbocycles. The van der Waals surface area contributed by atoms with Crippen LogP contribution >= 0.6 is 0 Å². The molecule has 0 amide bonds. The van der Waals surface area contributed by atoms with Gasteiger partial charge in [0.05, 0.1) is 6.54 Å². The van der Waals surface area contributed by atoms with Gasteiger partial charge in [0, 0.05) is 12.1 Å². The Morgan fingerprint density at radius 2 is 2.50 bits per heavy atom. The maximum absolute atomic E-state index is 5.03. The Bertz CT molecular complexity index is 333. The zero-order chi connectivity index (χ0) is 9.38. The van der Waals surface area contributed by atoms with Gasteiger partial charge in [-0.15, -0.1) is 0 Å². The van der Waals surface area contributed by atoms with Gasteiger partial charge in [0.25, 0.3) is 0 Å². The average Bonchev–Trinajstić information content (AvgIpc) is 2.75. The molecule has 4 nitrogen and oxygen atoms in total. The summed E-state index contributed by atoms with van der Waals surface area (Å²) in [5.74, 6) is 0.734. The normalized spacial score (nSPS) is 31.1. The van der Waals surface area contributed by atoms with Crippen molar-refractivity contribution in [3.8, 4) is 0 Å². The first-order valence-electron chi connectivity index (χ1n) is 5.11. The summed E-state index contributed by atoms with van der Waals surface area (Å²) in [7, 11) is 0. The Morgan fingerprint density at radius 1 is 1.50 bits per heavy atom. The smallest absolute Gasteiger partial charge is 0.240 e. The van der Waals surface area contributed by atoms with E-state index in [1.54, 1.807) is 0 Å². The molecule has 2 bridgehead atoms. The van der Waals surface area contributed by atoms with Gasteiger partial charge in [0.1, 0.15) is 0 Å². The molecule has 2 unspecified atom stereocenters. The van der Waals surface area contributed by atoms with E-state index in [9.17, 15) is 0 Å². The van der Waals surface area contributed by atoms with Crippen LogP contribution in [0, 0.1) is 0 Å². The van der Waals surface area contributed by atoms with Crippen molar-refractivity contribution in [2.75, 3.05) is 0 Å². The molecule has 1 aromatic rings. The van der Waals surface area contributed by atoms with Gasteiger partial charge in [-0.05, 0) is 19.3 Å². The molecule has 1 fully saturated rings. The van der Waals surface area contributed by atoms with Gasteiger partial charge < -0.3 is 4.52 Å². The van der Waals surface area contributed by atoms with Crippen molar-refractivity contribution in [1.29, 1.82) is 0 Å². The second-order valence-electron chi connectivity index (χ2n) is 3.97. The second-order valence-corrected chi connectivity index (χ2v) is 3.97. The SMILES string of the molecule is C1=CC2CCC(C1)N2Cc1ncno1. The van der Waals surface area contributed by atoms with Crippen LogP contribution in [0.25, 0.3) is 0 Å². The van der Waals surface area contributed by atoms with Crippen molar-refractivity contribution in [1.82, 2.24) is 15.0 Å². The van der Waals surface area contributed by atoms with Crippen molar-refractivity contribution >= 4 is 0 Å². The average molecular weight is 191 g/mol. The zero-order valence-electron chi connectivity index (χ0n) is 7.97. The number of rotatable bonds is 2. The molecular weight excluding hydrogens is 178 g/mol. The Balaban J connectivity index is 1.77. The summed E-state index contributed by atoms with van der Waals surface area (Å²) in [4.78, 5) is 6.53. The third kappa shape index (κ3) is 1.26. The minimum atomic E-state index is 0.598. The molecule has 2 aliphatic rings. The molecule has 2 aliphatic heterocycles. The van der Waals surface area contributed by atoms with Gasteiger partial charge in [-0.25, -0.2) is 0 Å². The van der Waals surface area contributed by atoms with Crippen molar-refractivity contribution in [2.45, 2.75) is 37.9 Å². The molecule has 3 heterocycles. The van der Waals surface area contributed by atoms with E-state index in [0.29, 0.717) is 12.1 Å². The Labute approximate surface area is 82.6 Å². The first-order valence-corrected chi connectivity index (χ1v) is 5.11. The molecule has 1 aromatic heterocycles. The molecule has 0 saturated carbocycles. The number of nitrogens with zero attached hydrogens (tertiary/aromatic N) is 3. The van der Waals surface area contributed by atoms with Gasteiger partial charge in [-0.3, -0.25) is 4.90 Å². The predicted octanol–water partition coefficient (Wildman–Crippen LogP) is 1.36. The first-order chi connectivity index (χ1) is 6.93. The lowest BCUT2D eigenvalue weighted by Crippen LogP contribution is -2.36. The largest absolute Gasteiger partial charge is 0.338 e. The molecule has 0 aromatic carbocycles. The maximum Gasteiger partial charge on any atom is 0.240 e. The van der Waals surface area contributed by atoms with Crippen LogP contribution in [0.2, 0.25) is 0 Å². The summed E-state index contributed by atoms with van der Waals surface area (Å²) >= 11 is 0. The lowest BCUT2D eigenvalue weighted by Gasteiger charge is -2.29. The number of hydrogen-bond acceptors (Lipinski definition) is 4. The van der Waals surface area contributed by atoms with E-state index in [1.165, 1.54) is 25.6 Å². The lowest BCUT2D eigenvalue weighted by molar-refractivity contribution is 0.174. The van der Waals surface area contributed by atoms with E-state index < -0.39 is 0 Å². The molecule has 2 atom stereocenters. The molecule has 4 heteroatoms. The number of hydrogen-bond donors (Lipinski definition) is 0. The van der Waals surface area contributed by atoms with Gasteiger partial charge in [-0.1, -0.05) is 17.3 Å². The van der Waals surface area contributed by atoms with Crippen LogP contribution in [0.5, 0.6) is 0 Å². The molecule has 1 saturated heterocycles. The number of aromatic nitrogens is 2. The quantitative estimate of drug-likeness (QED) is 0.662. The zero-order valence-corrected chi connectivity index (χ0v) is 7.97. The van der Waals surface area contributed by atoms with E-state index in [4.69, 9.17) is 4.52 Å². The summed E-state index contributed by atoms with van der Waals surface area (Å²) in [6.45, 7) is 0.805. The highest BCUT2D eigenvalue weighted by Crippen LogP contribution is 2.32. The summed E-state index contributed by atoms with van der Waals surface area (Å²) in [5, 5.41) is 3.63. The Kier molecular flexibility index (Phi) is 1.87. The van der Waals surface area contributed by atoms with Crippen LogP contribution in [0.1, 0.15) is 25.2 Å². The van der Waals surface area contributed by atoms with Crippen LogP contribution in [-0.4, -0.2) is 27.1 Å². The van der Waals surface area contributed by atoms with Crippen molar-refractivity contribution < 1.29 is 4.52 Å². The van der Waals surface area contributed by atoms with Gasteiger partial charge in [0.15, 0.2) is 6.33 Å². The van der Waals surface area contributed by atoms with Crippen LogP contribution in [0.3, 0.4) is 0 Å². The molecule has 0 spiro atoms. The van der Waals surface area contributed by atoms with Crippen molar-refractivity contribution in [2.24, 2.45) is 0 Å². The van der Waals surface area contributed by atoms with Gasteiger partial charge in [-0.2, -0.15) is 4.98 Å². The Hall–Kier alpha value is -1.16. The molecule has 0 radical (unpaired) electrons. The van der Waals surface area contributed by atoms with E-state index in [-0.39, 0.29) is 0 Å². The monoisotopic (exact) mass is 191 g/mol. The van der Waals surface area contributed by atoms with Gasteiger partial charge >= 0.3 is 0 Å². The molecule has 3 rings (SSSR count). The van der Waals surface area contributed by atoms with E-state index in [1.807, 2.05) is 0 Å². The van der Waals surface area contributed by atoms with Crippen LogP contribution in [-0.2, 0) is 6.54 Å². The molecule has 74 valence electrons. The van der Waals surface area contributed by atoms with E-state index in [2.05, 4.69) is 27.2 Å². The van der Waals surface area contributed by atoms with Crippen LogP contribution in [0.15, 0.2) is 23.0 Å². The summed E-state index contributed by atoms with van der Waals surface area (Å²) in [6, 6.07) is 1.29. The van der Waals surface area contributed by atoms with E-state index in [0.717, 1.165) is 12.4 Å². The van der Waals surface area contributed by atoms with Crippen molar-refractivity contribution in [3.63, 3.8) is 0 Å². The molecule has 0 N–H and O–H groups in total. The van der Waals surface area contributed by atoms with Crippen LogP contribution < -0.4 is 0 Å². The third-order valence-corrected chi connectivity index (χ3v) is 3.18. The number of fused-ring (bicyclic) bond motifs is 2. The predicted molar refractivity (Wildman–Crippen MR) is 50.4 cm³/mol. The summed E-state index contributed by atoms with van der Waals surface area (Å²) < 4.78 is 5.03. The standard InChI is InChI=1S/C10H13N3O/c1-2-8-4-5-9(3-1)13(8)6-10-11-7-12-14-10/h1-2,7-9H,3-6H2. The maximum atomic E-state index is 5.03. The van der Waals surface area contributed by atoms with E-state index >= 15 is 0 Å². The lowest BCUT2D eigenvalue weighted by atomic mass is 10.1. The molecule has 14 heavy (non-hydrogen) atoms. The topological polar surface area (TPSA) is 42.2 Å². The minimum absolute atomic E-state index is 0.598. The highest BCUT2D eigenvalue weighted by atomic mass is 16.5. The summed E-state index contributed by atoms with van der Waals surface area (Å²) in [6.07, 6.45) is 9.81. The molecular formula is C10H13N3O. The first kappa shape index (κ1) is 8.17. The second kappa shape index (κ2) is 3.20. The minimum Gasteiger partial charge on any atom is -0.338 e. The van der Waals surface area contributed by atoms with Crippen molar-refractivity contribution in [3.05, 3.63) is 24.4 Å². The fraction of sp³-hybridized carbons (Fsp3) is 0.600. The van der Waals surface area contributed by atoms with Crippen LogP contribution in [0.4, 0.5) is 0 Å². The summed E-state index contributed by atoms with van der Waals surface area (Å²) in [5.41, 5.74) is 0. The highest BCUT2D eigenvalue weighted by Gasteiger charge is 2.34. The fourth-order valence-corrected chi connectivity index (χ4v) is 2.49. The third-order valence-electron chi connectivity index (χ3n) is 3.18. The highest BCUT2D eigenvalue weighted by molar-refractivity contribution is 5.08.